The summed E-state index contributed by atoms with van der Waals surface area (Å²) in [4.78, 5) is 23.2. The van der Waals surface area contributed by atoms with Gasteiger partial charge in [-0.15, -0.1) is 0 Å². The van der Waals surface area contributed by atoms with Crippen molar-refractivity contribution in [3.05, 3.63) is 0 Å². The molecule has 0 bridgehead atoms. The predicted molar refractivity (Wildman–Crippen MR) is 99.2 cm³/mol. The molecule has 25 heavy (non-hydrogen) atoms. The Balaban J connectivity index is 4.14. The first kappa shape index (κ1) is 23.9. The van der Waals surface area contributed by atoms with E-state index in [1.54, 1.807) is 20.8 Å². The predicted octanol–water partition coefficient (Wildman–Crippen LogP) is 4.54. The molecule has 148 valence electrons. The minimum atomic E-state index is -1.43. The van der Waals surface area contributed by atoms with Crippen molar-refractivity contribution in [1.29, 1.82) is 0 Å². The number of unbranched alkanes of at least 4 members (excludes halogenated alkanes) is 8. The molecule has 0 rings (SSSR count). The normalized spacial score (nSPS) is 14.0. The maximum Gasteiger partial charge on any atom is 0.339 e. The fraction of sp³-hybridized carbons (Fsp3) is 0.900. The Morgan fingerprint density at radius 2 is 1.40 bits per heavy atom. The molecule has 0 radical (unpaired) electrons. The van der Waals surface area contributed by atoms with Crippen LogP contribution in [0.15, 0.2) is 0 Å². The fourth-order valence-electron chi connectivity index (χ4n) is 2.66. The molecule has 0 aromatic rings. The van der Waals surface area contributed by atoms with E-state index in [1.165, 1.54) is 45.4 Å². The van der Waals surface area contributed by atoms with E-state index >= 15 is 0 Å². The van der Waals surface area contributed by atoms with Gasteiger partial charge in [-0.25, -0.2) is 4.79 Å². The average molecular weight is 359 g/mol. The minimum absolute atomic E-state index is 0.468. The molecule has 2 atom stereocenters. The van der Waals surface area contributed by atoms with Crippen molar-refractivity contribution in [3.8, 4) is 0 Å². The maximum atomic E-state index is 12.0. The van der Waals surface area contributed by atoms with E-state index < -0.39 is 29.7 Å². The Morgan fingerprint density at radius 1 is 0.920 bits per heavy atom. The largest absolute Gasteiger partial charge is 0.459 e. The third-order valence-electron chi connectivity index (χ3n) is 3.91. The van der Waals surface area contributed by atoms with Crippen LogP contribution < -0.4 is 0 Å². The van der Waals surface area contributed by atoms with E-state index in [4.69, 9.17) is 9.47 Å². The molecule has 0 aromatic heterocycles. The first-order valence-electron chi connectivity index (χ1n) is 9.75. The van der Waals surface area contributed by atoms with Crippen LogP contribution in [-0.2, 0) is 19.1 Å². The molecule has 0 heterocycles. The molecule has 0 amide bonds. The van der Waals surface area contributed by atoms with Gasteiger partial charge >= 0.3 is 11.9 Å². The van der Waals surface area contributed by atoms with Gasteiger partial charge in [0.15, 0.2) is 6.10 Å². The van der Waals surface area contributed by atoms with Crippen molar-refractivity contribution < 1.29 is 24.2 Å². The van der Waals surface area contributed by atoms with Crippen LogP contribution in [0.1, 0.15) is 98.8 Å². The van der Waals surface area contributed by atoms with Crippen LogP contribution in [0.4, 0.5) is 0 Å². The van der Waals surface area contributed by atoms with Crippen LogP contribution in [-0.4, -0.2) is 34.9 Å². The lowest BCUT2D eigenvalue weighted by Gasteiger charge is -2.26. The van der Waals surface area contributed by atoms with Crippen molar-refractivity contribution in [2.24, 2.45) is 0 Å². The Morgan fingerprint density at radius 3 is 1.84 bits per heavy atom. The van der Waals surface area contributed by atoms with Crippen LogP contribution in [0.5, 0.6) is 0 Å². The Labute approximate surface area is 153 Å². The van der Waals surface area contributed by atoms with E-state index in [-0.39, 0.29) is 0 Å². The van der Waals surface area contributed by atoms with Gasteiger partial charge in [0.1, 0.15) is 11.7 Å². The van der Waals surface area contributed by atoms with Crippen LogP contribution >= 0.6 is 0 Å². The van der Waals surface area contributed by atoms with E-state index in [9.17, 15) is 14.7 Å². The summed E-state index contributed by atoms with van der Waals surface area (Å²) in [6.45, 7) is 8.70. The van der Waals surface area contributed by atoms with Crippen LogP contribution in [0.2, 0.25) is 0 Å². The Bertz CT molecular complexity index is 373. The van der Waals surface area contributed by atoms with Crippen LogP contribution in [0.3, 0.4) is 0 Å². The number of hydrogen-bond donors (Lipinski definition) is 1. The van der Waals surface area contributed by atoms with Crippen LogP contribution in [0, 0.1) is 0 Å². The highest BCUT2D eigenvalue weighted by atomic mass is 16.6. The number of carbonyl (C=O) groups excluding carboxylic acids is 2. The van der Waals surface area contributed by atoms with Gasteiger partial charge in [-0.2, -0.15) is 0 Å². The van der Waals surface area contributed by atoms with Gasteiger partial charge in [0.05, 0.1) is 0 Å². The number of carbonyl (C=O) groups is 2. The first-order chi connectivity index (χ1) is 11.7. The molecule has 0 aliphatic heterocycles. The van der Waals surface area contributed by atoms with Gasteiger partial charge in [-0.3, -0.25) is 4.79 Å². The second-order valence-electron chi connectivity index (χ2n) is 7.74. The molecule has 0 saturated carbocycles. The van der Waals surface area contributed by atoms with Crippen molar-refractivity contribution in [1.82, 2.24) is 0 Å². The van der Waals surface area contributed by atoms with Gasteiger partial charge in [0, 0.05) is 6.92 Å². The zero-order valence-electron chi connectivity index (χ0n) is 16.8. The quantitative estimate of drug-likeness (QED) is 0.386. The van der Waals surface area contributed by atoms with Crippen molar-refractivity contribution in [3.63, 3.8) is 0 Å². The number of aliphatic hydroxyl groups is 1. The summed E-state index contributed by atoms with van der Waals surface area (Å²) in [5.74, 6) is -1.24. The number of ether oxygens (including phenoxy) is 2. The molecule has 5 heteroatoms. The molecule has 0 aromatic carbocycles. The summed E-state index contributed by atoms with van der Waals surface area (Å²) in [5, 5.41) is 10.2. The summed E-state index contributed by atoms with van der Waals surface area (Å²) in [7, 11) is 0. The topological polar surface area (TPSA) is 72.8 Å². The summed E-state index contributed by atoms with van der Waals surface area (Å²) < 4.78 is 10.3. The minimum Gasteiger partial charge on any atom is -0.459 e. The molecular weight excluding hydrogens is 320 g/mol. The standard InChI is InChI=1S/C20H38O5/c1-6-7-8-9-10-11-12-13-14-15-17(24-16(2)21)18(22)19(23)25-20(3,4)5/h17-18,22H,6-15H2,1-5H3/t17-,18+/m0/s1. The summed E-state index contributed by atoms with van der Waals surface area (Å²) >= 11 is 0. The lowest BCUT2D eigenvalue weighted by Crippen LogP contribution is -2.41. The molecule has 0 unspecified atom stereocenters. The van der Waals surface area contributed by atoms with Gasteiger partial charge in [0.25, 0.3) is 0 Å². The number of rotatable bonds is 13. The van der Waals surface area contributed by atoms with Crippen molar-refractivity contribution in [2.75, 3.05) is 0 Å². The molecule has 1 N–H and O–H groups in total. The highest BCUT2D eigenvalue weighted by molar-refractivity contribution is 5.76. The first-order valence-corrected chi connectivity index (χ1v) is 9.75. The second kappa shape index (κ2) is 13.2. The van der Waals surface area contributed by atoms with Crippen molar-refractivity contribution in [2.45, 2.75) is 117 Å². The number of aliphatic hydroxyl groups excluding tert-OH is 1. The lowest BCUT2D eigenvalue weighted by molar-refractivity contribution is -0.177. The van der Waals surface area contributed by atoms with Gasteiger partial charge in [0.2, 0.25) is 0 Å². The van der Waals surface area contributed by atoms with E-state index in [0.29, 0.717) is 6.42 Å². The molecule has 5 nitrogen and oxygen atoms in total. The average Bonchev–Trinajstić information content (AvgIpc) is 2.49. The summed E-state index contributed by atoms with van der Waals surface area (Å²) in [5.41, 5.74) is -0.684. The molecule has 0 spiro atoms. The highest BCUT2D eigenvalue weighted by Crippen LogP contribution is 2.17. The van der Waals surface area contributed by atoms with Gasteiger partial charge in [-0.05, 0) is 33.6 Å². The Hall–Kier alpha value is -1.10. The molecule has 0 fully saturated rings. The summed E-state index contributed by atoms with van der Waals surface area (Å²) in [6.07, 6.45) is 8.79. The molecular formula is C20H38O5. The smallest absolute Gasteiger partial charge is 0.339 e. The molecule has 0 aliphatic carbocycles. The Kier molecular flexibility index (Phi) is 12.6. The van der Waals surface area contributed by atoms with Crippen LogP contribution in [0.25, 0.3) is 0 Å². The van der Waals surface area contributed by atoms with E-state index in [0.717, 1.165) is 19.3 Å². The number of esters is 2. The maximum absolute atomic E-state index is 12.0. The zero-order chi connectivity index (χ0) is 19.3. The van der Waals surface area contributed by atoms with Gasteiger partial charge in [-0.1, -0.05) is 58.3 Å². The van der Waals surface area contributed by atoms with E-state index in [2.05, 4.69) is 6.92 Å². The fourth-order valence-corrected chi connectivity index (χ4v) is 2.66. The SMILES string of the molecule is CCCCCCCCCCC[C@H](OC(C)=O)[C@@H](O)C(=O)OC(C)(C)C. The zero-order valence-corrected chi connectivity index (χ0v) is 16.8. The molecule has 0 saturated heterocycles. The van der Waals surface area contributed by atoms with E-state index in [1.807, 2.05) is 0 Å². The highest BCUT2D eigenvalue weighted by Gasteiger charge is 2.32. The van der Waals surface area contributed by atoms with Crippen molar-refractivity contribution >= 4 is 11.9 Å². The molecule has 0 aliphatic rings. The third kappa shape index (κ3) is 13.8. The summed E-state index contributed by atoms with van der Waals surface area (Å²) in [6, 6.07) is 0. The second-order valence-corrected chi connectivity index (χ2v) is 7.74. The lowest BCUT2D eigenvalue weighted by atomic mass is 10.0. The monoisotopic (exact) mass is 358 g/mol. The number of hydrogen-bond acceptors (Lipinski definition) is 5. The third-order valence-corrected chi connectivity index (χ3v) is 3.91. The van der Waals surface area contributed by atoms with Gasteiger partial charge < -0.3 is 14.6 Å².